The van der Waals surface area contributed by atoms with E-state index >= 15 is 0 Å². The summed E-state index contributed by atoms with van der Waals surface area (Å²) in [5.74, 6) is 0.600. The SMILES string of the molecule is C=CSc1ccc(CN2CCC(c3ccccc3Cl)CC2)cc1C. The van der Waals surface area contributed by atoms with Crippen molar-refractivity contribution in [1.82, 2.24) is 4.90 Å². The van der Waals surface area contributed by atoms with Crippen molar-refractivity contribution in [3.05, 3.63) is 76.2 Å². The number of thioether (sulfide) groups is 1. The summed E-state index contributed by atoms with van der Waals surface area (Å²) in [4.78, 5) is 3.86. The van der Waals surface area contributed by atoms with Gasteiger partial charge in [-0.25, -0.2) is 0 Å². The lowest BCUT2D eigenvalue weighted by molar-refractivity contribution is 0.204. The van der Waals surface area contributed by atoms with Crippen LogP contribution in [0.3, 0.4) is 0 Å². The molecule has 2 aromatic rings. The molecule has 0 aromatic heterocycles. The number of nitrogens with zero attached hydrogens (tertiary/aromatic N) is 1. The molecule has 1 fully saturated rings. The summed E-state index contributed by atoms with van der Waals surface area (Å²) in [5.41, 5.74) is 4.06. The average Bonchev–Trinajstić information content (AvgIpc) is 2.59. The molecule has 0 amide bonds. The Kier molecular flexibility index (Phi) is 6.04. The van der Waals surface area contributed by atoms with Crippen LogP contribution in [0.15, 0.2) is 59.3 Å². The van der Waals surface area contributed by atoms with E-state index in [1.165, 1.54) is 34.4 Å². The second kappa shape index (κ2) is 8.24. The smallest absolute Gasteiger partial charge is 0.0440 e. The van der Waals surface area contributed by atoms with E-state index in [0.29, 0.717) is 5.92 Å². The molecule has 3 rings (SSSR count). The van der Waals surface area contributed by atoms with Gasteiger partial charge in [0, 0.05) is 16.5 Å². The van der Waals surface area contributed by atoms with Gasteiger partial charge in [-0.2, -0.15) is 0 Å². The number of likely N-dealkylation sites (tertiary alicyclic amines) is 1. The van der Waals surface area contributed by atoms with Gasteiger partial charge < -0.3 is 0 Å². The molecule has 1 saturated heterocycles. The van der Waals surface area contributed by atoms with Crippen LogP contribution in [0.1, 0.15) is 35.4 Å². The van der Waals surface area contributed by atoms with Gasteiger partial charge in [0.25, 0.3) is 0 Å². The molecule has 2 aromatic carbocycles. The van der Waals surface area contributed by atoms with Crippen LogP contribution >= 0.6 is 23.4 Å². The van der Waals surface area contributed by atoms with Gasteiger partial charge in [0.05, 0.1) is 0 Å². The molecule has 1 nitrogen and oxygen atoms in total. The Hall–Kier alpha value is -1.22. The Bertz CT molecular complexity index is 705. The highest BCUT2D eigenvalue weighted by Crippen LogP contribution is 2.33. The third-order valence-corrected chi connectivity index (χ3v) is 6.01. The zero-order chi connectivity index (χ0) is 16.9. The number of piperidine rings is 1. The van der Waals surface area contributed by atoms with Gasteiger partial charge in [0.1, 0.15) is 0 Å². The molecule has 0 aliphatic carbocycles. The van der Waals surface area contributed by atoms with E-state index in [2.05, 4.69) is 48.7 Å². The molecule has 0 unspecified atom stereocenters. The first-order valence-corrected chi connectivity index (χ1v) is 9.77. The fraction of sp³-hybridized carbons (Fsp3) is 0.333. The molecule has 1 aliphatic rings. The Morgan fingerprint density at radius 2 is 1.96 bits per heavy atom. The lowest BCUT2D eigenvalue weighted by Crippen LogP contribution is -2.32. The molecule has 0 bridgehead atoms. The molecule has 126 valence electrons. The number of hydrogen-bond donors (Lipinski definition) is 0. The standard InChI is InChI=1S/C21H24ClNS/c1-3-24-21-9-8-17(14-16(21)2)15-23-12-10-18(11-13-23)19-6-4-5-7-20(19)22/h3-9,14,18H,1,10-13,15H2,2H3. The summed E-state index contributed by atoms with van der Waals surface area (Å²) < 4.78 is 0. The molecular formula is C21H24ClNS. The maximum Gasteiger partial charge on any atom is 0.0440 e. The van der Waals surface area contributed by atoms with E-state index in [0.717, 1.165) is 24.7 Å². The number of aryl methyl sites for hydroxylation is 1. The highest BCUT2D eigenvalue weighted by Gasteiger charge is 2.22. The summed E-state index contributed by atoms with van der Waals surface area (Å²) in [6, 6.07) is 15.1. The van der Waals surface area contributed by atoms with Crippen molar-refractivity contribution in [1.29, 1.82) is 0 Å². The molecule has 0 atom stereocenters. The minimum absolute atomic E-state index is 0.600. The minimum Gasteiger partial charge on any atom is -0.299 e. The van der Waals surface area contributed by atoms with E-state index in [9.17, 15) is 0 Å². The molecule has 0 N–H and O–H groups in total. The number of benzene rings is 2. The van der Waals surface area contributed by atoms with E-state index in [1.54, 1.807) is 11.8 Å². The summed E-state index contributed by atoms with van der Waals surface area (Å²) in [6.45, 7) is 9.29. The Labute approximate surface area is 154 Å². The van der Waals surface area contributed by atoms with Crippen molar-refractivity contribution >= 4 is 23.4 Å². The van der Waals surface area contributed by atoms with Gasteiger partial charge in [-0.05, 0) is 73.0 Å². The fourth-order valence-electron chi connectivity index (χ4n) is 3.50. The topological polar surface area (TPSA) is 3.24 Å². The van der Waals surface area contributed by atoms with Crippen LogP contribution in [-0.4, -0.2) is 18.0 Å². The molecule has 0 saturated carbocycles. The normalized spacial score (nSPS) is 16.2. The molecule has 1 aliphatic heterocycles. The van der Waals surface area contributed by atoms with Crippen LogP contribution in [-0.2, 0) is 6.54 Å². The zero-order valence-electron chi connectivity index (χ0n) is 14.2. The predicted molar refractivity (Wildman–Crippen MR) is 106 cm³/mol. The first-order valence-electron chi connectivity index (χ1n) is 8.51. The van der Waals surface area contributed by atoms with Crippen LogP contribution in [0.2, 0.25) is 5.02 Å². The van der Waals surface area contributed by atoms with Crippen molar-refractivity contribution in [2.75, 3.05) is 13.1 Å². The minimum atomic E-state index is 0.600. The first kappa shape index (κ1) is 17.6. The molecular weight excluding hydrogens is 334 g/mol. The third kappa shape index (κ3) is 4.24. The highest BCUT2D eigenvalue weighted by molar-refractivity contribution is 8.02. The van der Waals surface area contributed by atoms with Crippen LogP contribution in [0.4, 0.5) is 0 Å². The van der Waals surface area contributed by atoms with Crippen LogP contribution in [0.25, 0.3) is 0 Å². The molecule has 0 spiro atoms. The molecule has 0 radical (unpaired) electrons. The lowest BCUT2D eigenvalue weighted by atomic mass is 9.89. The van der Waals surface area contributed by atoms with Crippen LogP contribution < -0.4 is 0 Å². The maximum absolute atomic E-state index is 6.36. The fourth-order valence-corrected chi connectivity index (χ4v) is 4.36. The van der Waals surface area contributed by atoms with E-state index in [-0.39, 0.29) is 0 Å². The summed E-state index contributed by atoms with van der Waals surface area (Å²) in [6.07, 6.45) is 2.38. The average molecular weight is 358 g/mol. The van der Waals surface area contributed by atoms with Gasteiger partial charge in [-0.15, -0.1) is 0 Å². The lowest BCUT2D eigenvalue weighted by Gasteiger charge is -2.32. The van der Waals surface area contributed by atoms with Crippen molar-refractivity contribution in [2.24, 2.45) is 0 Å². The third-order valence-electron chi connectivity index (χ3n) is 4.79. The number of hydrogen-bond acceptors (Lipinski definition) is 2. The van der Waals surface area contributed by atoms with Gasteiger partial charge in [0.2, 0.25) is 0 Å². The number of halogens is 1. The number of rotatable bonds is 5. The van der Waals surface area contributed by atoms with Crippen molar-refractivity contribution in [3.63, 3.8) is 0 Å². The quantitative estimate of drug-likeness (QED) is 0.580. The second-order valence-electron chi connectivity index (χ2n) is 6.46. The monoisotopic (exact) mass is 357 g/mol. The second-order valence-corrected chi connectivity index (χ2v) is 7.87. The Morgan fingerprint density at radius 3 is 2.62 bits per heavy atom. The predicted octanol–water partition coefficient (Wildman–Crippen LogP) is 6.26. The largest absolute Gasteiger partial charge is 0.299 e. The van der Waals surface area contributed by atoms with Gasteiger partial charge >= 0.3 is 0 Å². The van der Waals surface area contributed by atoms with Crippen molar-refractivity contribution < 1.29 is 0 Å². The maximum atomic E-state index is 6.36. The highest BCUT2D eigenvalue weighted by atomic mass is 35.5. The first-order chi connectivity index (χ1) is 11.7. The van der Waals surface area contributed by atoms with Gasteiger partial charge in [0.15, 0.2) is 0 Å². The summed E-state index contributed by atoms with van der Waals surface area (Å²) in [5, 5.41) is 2.81. The molecule has 1 heterocycles. The summed E-state index contributed by atoms with van der Waals surface area (Å²) >= 11 is 8.05. The van der Waals surface area contributed by atoms with Crippen LogP contribution in [0, 0.1) is 6.92 Å². The Balaban J connectivity index is 1.58. The van der Waals surface area contributed by atoms with Gasteiger partial charge in [-0.1, -0.05) is 60.3 Å². The van der Waals surface area contributed by atoms with E-state index < -0.39 is 0 Å². The van der Waals surface area contributed by atoms with E-state index in [1.807, 2.05) is 17.5 Å². The van der Waals surface area contributed by atoms with Crippen molar-refractivity contribution in [2.45, 2.75) is 37.1 Å². The van der Waals surface area contributed by atoms with E-state index in [4.69, 9.17) is 11.6 Å². The Morgan fingerprint density at radius 1 is 1.21 bits per heavy atom. The van der Waals surface area contributed by atoms with Crippen LogP contribution in [0.5, 0.6) is 0 Å². The van der Waals surface area contributed by atoms with Gasteiger partial charge in [-0.3, -0.25) is 4.90 Å². The summed E-state index contributed by atoms with van der Waals surface area (Å²) in [7, 11) is 0. The molecule has 3 heteroatoms. The van der Waals surface area contributed by atoms with Crippen molar-refractivity contribution in [3.8, 4) is 0 Å². The molecule has 24 heavy (non-hydrogen) atoms. The zero-order valence-corrected chi connectivity index (χ0v) is 15.7.